The van der Waals surface area contributed by atoms with E-state index in [1.165, 1.54) is 11.1 Å². The van der Waals surface area contributed by atoms with Gasteiger partial charge in [0.15, 0.2) is 0 Å². The zero-order chi connectivity index (χ0) is 12.0. The van der Waals surface area contributed by atoms with E-state index in [2.05, 4.69) is 50.4 Å². The molecule has 0 unspecified atom stereocenters. The van der Waals surface area contributed by atoms with Crippen LogP contribution >= 0.6 is 0 Å². The van der Waals surface area contributed by atoms with Gasteiger partial charge in [-0.25, -0.2) is 0 Å². The van der Waals surface area contributed by atoms with Crippen molar-refractivity contribution >= 4 is 0 Å². The van der Waals surface area contributed by atoms with E-state index < -0.39 is 0 Å². The number of nitrogens with two attached hydrogens (primary N) is 1. The molecule has 3 N–H and O–H groups in total. The Balaban J connectivity index is 2.17. The molecule has 0 atom stereocenters. The zero-order valence-corrected chi connectivity index (χ0v) is 10.7. The lowest BCUT2D eigenvalue weighted by atomic mass is 10.0. The second-order valence-corrected chi connectivity index (χ2v) is 5.26. The predicted molar refractivity (Wildman–Crippen MR) is 70.4 cm³/mol. The highest BCUT2D eigenvalue weighted by Gasteiger charge is 2.08. The maximum absolute atomic E-state index is 5.92. The van der Waals surface area contributed by atoms with Gasteiger partial charge in [0.1, 0.15) is 0 Å². The molecule has 0 bridgehead atoms. The number of aryl methyl sites for hydroxylation is 1. The van der Waals surface area contributed by atoms with E-state index in [0.29, 0.717) is 0 Å². The molecule has 0 saturated heterocycles. The van der Waals surface area contributed by atoms with Gasteiger partial charge in [0.25, 0.3) is 0 Å². The molecular formula is C14H24N2. The summed E-state index contributed by atoms with van der Waals surface area (Å²) >= 11 is 0. The maximum Gasteiger partial charge on any atom is 0.0205 e. The van der Waals surface area contributed by atoms with Crippen LogP contribution in [0.3, 0.4) is 0 Å². The van der Waals surface area contributed by atoms with Gasteiger partial charge in [0, 0.05) is 12.1 Å². The minimum atomic E-state index is -0.0367. The van der Waals surface area contributed by atoms with Crippen LogP contribution in [-0.2, 0) is 6.54 Å². The van der Waals surface area contributed by atoms with E-state index in [1.54, 1.807) is 0 Å². The van der Waals surface area contributed by atoms with E-state index in [1.807, 2.05) is 0 Å². The van der Waals surface area contributed by atoms with Crippen molar-refractivity contribution in [2.75, 3.05) is 6.54 Å². The van der Waals surface area contributed by atoms with Crippen molar-refractivity contribution in [3.8, 4) is 0 Å². The van der Waals surface area contributed by atoms with Crippen molar-refractivity contribution in [1.29, 1.82) is 0 Å². The zero-order valence-electron chi connectivity index (χ0n) is 10.7. The molecule has 90 valence electrons. The molecule has 0 spiro atoms. The van der Waals surface area contributed by atoms with Crippen molar-refractivity contribution in [3.63, 3.8) is 0 Å². The van der Waals surface area contributed by atoms with Crippen molar-refractivity contribution < 1.29 is 0 Å². The quantitative estimate of drug-likeness (QED) is 0.723. The fraction of sp³-hybridized carbons (Fsp3) is 0.571. The molecule has 1 aromatic carbocycles. The lowest BCUT2D eigenvalue weighted by Crippen LogP contribution is -2.32. The summed E-state index contributed by atoms with van der Waals surface area (Å²) in [5.74, 6) is 0. The molecule has 0 fully saturated rings. The lowest BCUT2D eigenvalue weighted by molar-refractivity contribution is 0.448. The summed E-state index contributed by atoms with van der Waals surface area (Å²) in [6.07, 6.45) is 2.20. The second kappa shape index (κ2) is 6.02. The van der Waals surface area contributed by atoms with Crippen molar-refractivity contribution in [3.05, 3.63) is 35.4 Å². The molecule has 0 aliphatic rings. The summed E-state index contributed by atoms with van der Waals surface area (Å²) in [6, 6.07) is 8.61. The summed E-state index contributed by atoms with van der Waals surface area (Å²) in [5, 5.41) is 3.45. The molecular weight excluding hydrogens is 196 g/mol. The Morgan fingerprint density at radius 1 is 1.31 bits per heavy atom. The van der Waals surface area contributed by atoms with Crippen LogP contribution < -0.4 is 11.1 Å². The monoisotopic (exact) mass is 220 g/mol. The Kier molecular flexibility index (Phi) is 4.97. The van der Waals surface area contributed by atoms with Gasteiger partial charge in [-0.05, 0) is 45.7 Å². The minimum absolute atomic E-state index is 0.0367. The normalized spacial score (nSPS) is 11.8. The molecule has 0 radical (unpaired) electrons. The number of hydrogen-bond donors (Lipinski definition) is 2. The molecule has 0 aliphatic carbocycles. The van der Waals surface area contributed by atoms with Crippen LogP contribution in [0.4, 0.5) is 0 Å². The molecule has 2 nitrogen and oxygen atoms in total. The molecule has 1 aromatic rings. The molecule has 1 rings (SSSR count). The fourth-order valence-corrected chi connectivity index (χ4v) is 1.72. The first-order chi connectivity index (χ1) is 7.47. The highest BCUT2D eigenvalue weighted by Crippen LogP contribution is 2.06. The third kappa shape index (κ3) is 5.89. The average molecular weight is 220 g/mol. The fourth-order valence-electron chi connectivity index (χ4n) is 1.72. The summed E-state index contributed by atoms with van der Waals surface area (Å²) < 4.78 is 0. The number of benzene rings is 1. The van der Waals surface area contributed by atoms with Crippen molar-refractivity contribution in [2.45, 2.75) is 45.7 Å². The highest BCUT2D eigenvalue weighted by atomic mass is 14.8. The highest BCUT2D eigenvalue weighted by molar-refractivity contribution is 5.21. The van der Waals surface area contributed by atoms with Crippen LogP contribution in [0.2, 0.25) is 0 Å². The number of hydrogen-bond acceptors (Lipinski definition) is 2. The van der Waals surface area contributed by atoms with Crippen LogP contribution in [0.25, 0.3) is 0 Å². The first-order valence-electron chi connectivity index (χ1n) is 6.02. The van der Waals surface area contributed by atoms with Crippen LogP contribution in [0.1, 0.15) is 37.8 Å². The summed E-state index contributed by atoms with van der Waals surface area (Å²) in [7, 11) is 0. The van der Waals surface area contributed by atoms with E-state index in [-0.39, 0.29) is 5.54 Å². The van der Waals surface area contributed by atoms with Crippen LogP contribution in [0.15, 0.2) is 24.3 Å². The van der Waals surface area contributed by atoms with E-state index in [0.717, 1.165) is 25.9 Å². The SMILES string of the molecule is Cc1cccc(CNCCCC(C)(C)N)c1. The van der Waals surface area contributed by atoms with Gasteiger partial charge in [-0.3, -0.25) is 0 Å². The topological polar surface area (TPSA) is 38.0 Å². The standard InChI is InChI=1S/C14H24N2/c1-12-6-4-7-13(10-12)11-16-9-5-8-14(2,3)15/h4,6-7,10,16H,5,8-9,11,15H2,1-3H3. The molecule has 0 aromatic heterocycles. The number of nitrogens with one attached hydrogen (secondary N) is 1. The Morgan fingerprint density at radius 2 is 2.06 bits per heavy atom. The maximum atomic E-state index is 5.92. The Hall–Kier alpha value is -0.860. The largest absolute Gasteiger partial charge is 0.326 e. The molecule has 0 saturated carbocycles. The van der Waals surface area contributed by atoms with Crippen LogP contribution in [0, 0.1) is 6.92 Å². The Labute approximate surface area is 99.2 Å². The minimum Gasteiger partial charge on any atom is -0.326 e. The first-order valence-corrected chi connectivity index (χ1v) is 6.02. The summed E-state index contributed by atoms with van der Waals surface area (Å²) in [4.78, 5) is 0. The van der Waals surface area contributed by atoms with Gasteiger partial charge >= 0.3 is 0 Å². The van der Waals surface area contributed by atoms with Gasteiger partial charge in [0.05, 0.1) is 0 Å². The van der Waals surface area contributed by atoms with Gasteiger partial charge < -0.3 is 11.1 Å². The van der Waals surface area contributed by atoms with Gasteiger partial charge in [-0.1, -0.05) is 29.8 Å². The van der Waals surface area contributed by atoms with Crippen molar-refractivity contribution in [1.82, 2.24) is 5.32 Å². The smallest absolute Gasteiger partial charge is 0.0205 e. The van der Waals surface area contributed by atoms with E-state index in [9.17, 15) is 0 Å². The van der Waals surface area contributed by atoms with E-state index in [4.69, 9.17) is 5.73 Å². The molecule has 16 heavy (non-hydrogen) atoms. The first kappa shape index (κ1) is 13.2. The molecule has 0 amide bonds. The third-order valence-corrected chi connectivity index (χ3v) is 2.59. The lowest BCUT2D eigenvalue weighted by Gasteiger charge is -2.18. The third-order valence-electron chi connectivity index (χ3n) is 2.59. The Bertz CT molecular complexity index is 313. The Morgan fingerprint density at radius 3 is 2.69 bits per heavy atom. The summed E-state index contributed by atoms with van der Waals surface area (Å²) in [6.45, 7) is 8.27. The van der Waals surface area contributed by atoms with Gasteiger partial charge in [0.2, 0.25) is 0 Å². The molecule has 0 heterocycles. The van der Waals surface area contributed by atoms with Crippen LogP contribution in [-0.4, -0.2) is 12.1 Å². The van der Waals surface area contributed by atoms with Crippen LogP contribution in [0.5, 0.6) is 0 Å². The number of rotatable bonds is 6. The average Bonchev–Trinajstić information content (AvgIpc) is 2.15. The van der Waals surface area contributed by atoms with Crippen molar-refractivity contribution in [2.24, 2.45) is 5.73 Å². The van der Waals surface area contributed by atoms with Gasteiger partial charge in [-0.2, -0.15) is 0 Å². The van der Waals surface area contributed by atoms with E-state index >= 15 is 0 Å². The summed E-state index contributed by atoms with van der Waals surface area (Å²) in [5.41, 5.74) is 8.56. The van der Waals surface area contributed by atoms with Gasteiger partial charge in [-0.15, -0.1) is 0 Å². The predicted octanol–water partition coefficient (Wildman–Crippen LogP) is 2.60. The molecule has 2 heteroatoms. The second-order valence-electron chi connectivity index (χ2n) is 5.26. The molecule has 0 aliphatic heterocycles.